The maximum Gasteiger partial charge on any atom is 0.309 e. The SMILES string of the molecule is CC(C)c1ccc2c(c1)c(SC(C)(C)C)c(CC(C)(C)C(=O)O)n2-c1ccc(Cl)cc1. The molecule has 1 aromatic heterocycles. The van der Waals surface area contributed by atoms with Crippen molar-refractivity contribution < 1.29 is 9.90 Å². The molecule has 2 aromatic carbocycles. The van der Waals surface area contributed by atoms with Crippen LogP contribution in [0.3, 0.4) is 0 Å². The Morgan fingerprint density at radius 1 is 1.06 bits per heavy atom. The van der Waals surface area contributed by atoms with Gasteiger partial charge < -0.3 is 9.67 Å². The summed E-state index contributed by atoms with van der Waals surface area (Å²) in [6.45, 7) is 14.6. The molecule has 5 heteroatoms. The van der Waals surface area contributed by atoms with Gasteiger partial charge in [0.1, 0.15) is 0 Å². The van der Waals surface area contributed by atoms with Crippen molar-refractivity contribution >= 4 is 40.2 Å². The van der Waals surface area contributed by atoms with Gasteiger partial charge in [0.15, 0.2) is 0 Å². The van der Waals surface area contributed by atoms with E-state index in [2.05, 4.69) is 57.4 Å². The van der Waals surface area contributed by atoms with Crippen LogP contribution in [0.1, 0.15) is 65.6 Å². The summed E-state index contributed by atoms with van der Waals surface area (Å²) < 4.78 is 2.20. The van der Waals surface area contributed by atoms with E-state index < -0.39 is 11.4 Å². The van der Waals surface area contributed by atoms with Crippen LogP contribution < -0.4 is 0 Å². The maximum absolute atomic E-state index is 12.0. The van der Waals surface area contributed by atoms with Crippen molar-refractivity contribution in [3.8, 4) is 5.69 Å². The number of aromatic nitrogens is 1. The Bertz CT molecular complexity index is 1110. The number of benzene rings is 2. The van der Waals surface area contributed by atoms with E-state index in [1.165, 1.54) is 10.9 Å². The first-order valence-electron chi connectivity index (χ1n) is 10.7. The number of nitrogens with zero attached hydrogens (tertiary/aromatic N) is 1. The molecule has 0 saturated carbocycles. The normalized spacial score (nSPS) is 12.7. The molecule has 31 heavy (non-hydrogen) atoms. The molecule has 0 amide bonds. The average molecular weight is 458 g/mol. The van der Waals surface area contributed by atoms with Crippen LogP contribution in [0.25, 0.3) is 16.6 Å². The fourth-order valence-electron chi connectivity index (χ4n) is 3.65. The van der Waals surface area contributed by atoms with Gasteiger partial charge in [-0.3, -0.25) is 4.79 Å². The van der Waals surface area contributed by atoms with E-state index in [4.69, 9.17) is 11.6 Å². The zero-order valence-corrected chi connectivity index (χ0v) is 21.0. The predicted molar refractivity (Wildman–Crippen MR) is 133 cm³/mol. The van der Waals surface area contributed by atoms with Crippen molar-refractivity contribution in [3.63, 3.8) is 0 Å². The Morgan fingerprint density at radius 2 is 1.68 bits per heavy atom. The molecule has 0 unspecified atom stereocenters. The largest absolute Gasteiger partial charge is 0.481 e. The lowest BCUT2D eigenvalue weighted by atomic mass is 9.88. The summed E-state index contributed by atoms with van der Waals surface area (Å²) >= 11 is 7.97. The first-order valence-corrected chi connectivity index (χ1v) is 11.9. The fraction of sp³-hybridized carbons (Fsp3) is 0.423. The summed E-state index contributed by atoms with van der Waals surface area (Å²) in [4.78, 5) is 13.2. The second-order valence-corrected chi connectivity index (χ2v) is 12.4. The molecular weight excluding hydrogens is 426 g/mol. The van der Waals surface area contributed by atoms with Gasteiger partial charge in [-0.2, -0.15) is 0 Å². The smallest absolute Gasteiger partial charge is 0.309 e. The number of carboxylic acids is 1. The van der Waals surface area contributed by atoms with E-state index in [1.54, 1.807) is 13.8 Å². The highest BCUT2D eigenvalue weighted by Crippen LogP contribution is 2.44. The zero-order chi connectivity index (χ0) is 23.1. The van der Waals surface area contributed by atoms with Crippen molar-refractivity contribution in [3.05, 3.63) is 58.7 Å². The lowest BCUT2D eigenvalue weighted by Gasteiger charge is -2.24. The molecule has 0 aliphatic rings. The number of rotatable bonds is 6. The summed E-state index contributed by atoms with van der Waals surface area (Å²) in [5.41, 5.74) is 3.50. The number of hydrogen-bond acceptors (Lipinski definition) is 2. The third-order valence-electron chi connectivity index (χ3n) is 5.39. The molecule has 0 spiro atoms. The van der Waals surface area contributed by atoms with Crippen molar-refractivity contribution in [2.45, 2.75) is 70.4 Å². The Balaban J connectivity index is 2.40. The van der Waals surface area contributed by atoms with E-state index in [0.29, 0.717) is 17.4 Å². The van der Waals surface area contributed by atoms with Gasteiger partial charge in [-0.1, -0.05) is 52.3 Å². The van der Waals surface area contributed by atoms with Gasteiger partial charge in [0.25, 0.3) is 0 Å². The summed E-state index contributed by atoms with van der Waals surface area (Å²) in [5.74, 6) is -0.385. The van der Waals surface area contributed by atoms with Crippen molar-refractivity contribution in [1.82, 2.24) is 4.57 Å². The van der Waals surface area contributed by atoms with Gasteiger partial charge in [0, 0.05) is 37.9 Å². The Morgan fingerprint density at radius 3 is 2.19 bits per heavy atom. The molecule has 0 saturated heterocycles. The monoisotopic (exact) mass is 457 g/mol. The molecule has 3 rings (SSSR count). The molecule has 0 aliphatic heterocycles. The van der Waals surface area contributed by atoms with Gasteiger partial charge in [0.05, 0.1) is 10.9 Å². The molecule has 1 heterocycles. The number of aliphatic carboxylic acids is 1. The molecule has 0 aliphatic carbocycles. The average Bonchev–Trinajstić information content (AvgIpc) is 2.93. The molecular formula is C26H32ClNO2S. The minimum Gasteiger partial charge on any atom is -0.481 e. The van der Waals surface area contributed by atoms with E-state index in [1.807, 2.05) is 36.0 Å². The minimum atomic E-state index is -0.896. The highest BCUT2D eigenvalue weighted by Gasteiger charge is 2.33. The van der Waals surface area contributed by atoms with Crippen LogP contribution in [0.5, 0.6) is 0 Å². The second kappa shape index (κ2) is 8.55. The number of halogens is 1. The van der Waals surface area contributed by atoms with Crippen molar-refractivity contribution in [1.29, 1.82) is 0 Å². The van der Waals surface area contributed by atoms with Crippen LogP contribution in [0, 0.1) is 5.41 Å². The summed E-state index contributed by atoms with van der Waals surface area (Å²) in [6, 6.07) is 14.4. The topological polar surface area (TPSA) is 42.2 Å². The Kier molecular flexibility index (Phi) is 6.55. The third kappa shape index (κ3) is 5.12. The molecule has 1 N–H and O–H groups in total. The predicted octanol–water partition coefficient (Wildman–Crippen LogP) is 7.95. The molecule has 166 valence electrons. The first kappa shape index (κ1) is 23.7. The van der Waals surface area contributed by atoms with Gasteiger partial charge in [0.2, 0.25) is 0 Å². The summed E-state index contributed by atoms with van der Waals surface area (Å²) in [6.07, 6.45) is 0.426. The molecule has 0 atom stereocenters. The van der Waals surface area contributed by atoms with Gasteiger partial charge in [-0.25, -0.2) is 0 Å². The van der Waals surface area contributed by atoms with Gasteiger partial charge in [-0.15, -0.1) is 11.8 Å². The number of thioether (sulfide) groups is 1. The molecule has 0 fully saturated rings. The maximum atomic E-state index is 12.0. The minimum absolute atomic E-state index is 0.0188. The highest BCUT2D eigenvalue weighted by molar-refractivity contribution is 8.00. The first-order chi connectivity index (χ1) is 14.3. The number of carbonyl (C=O) groups is 1. The van der Waals surface area contributed by atoms with Crippen LogP contribution in [0.4, 0.5) is 0 Å². The number of fused-ring (bicyclic) bond motifs is 1. The van der Waals surface area contributed by atoms with Crippen LogP contribution in [0.15, 0.2) is 47.4 Å². The van der Waals surface area contributed by atoms with E-state index in [0.717, 1.165) is 21.8 Å². The van der Waals surface area contributed by atoms with Crippen LogP contribution in [-0.4, -0.2) is 20.4 Å². The van der Waals surface area contributed by atoms with Crippen LogP contribution in [0.2, 0.25) is 5.02 Å². The van der Waals surface area contributed by atoms with Crippen LogP contribution >= 0.6 is 23.4 Å². The third-order valence-corrected chi connectivity index (χ3v) is 6.91. The second-order valence-electron chi connectivity index (χ2n) is 10.1. The van der Waals surface area contributed by atoms with Crippen molar-refractivity contribution in [2.24, 2.45) is 5.41 Å². The molecule has 3 nitrogen and oxygen atoms in total. The zero-order valence-electron chi connectivity index (χ0n) is 19.4. The number of hydrogen-bond donors (Lipinski definition) is 1. The summed E-state index contributed by atoms with van der Waals surface area (Å²) in [7, 11) is 0. The highest BCUT2D eigenvalue weighted by atomic mass is 35.5. The van der Waals surface area contributed by atoms with Gasteiger partial charge in [-0.05, 0) is 61.7 Å². The van der Waals surface area contributed by atoms with E-state index >= 15 is 0 Å². The number of carboxylic acid groups (broad SMARTS) is 1. The van der Waals surface area contributed by atoms with Gasteiger partial charge >= 0.3 is 5.97 Å². The lowest BCUT2D eigenvalue weighted by molar-refractivity contribution is -0.146. The quantitative estimate of drug-likeness (QED) is 0.382. The molecule has 0 bridgehead atoms. The molecule has 0 radical (unpaired) electrons. The fourth-order valence-corrected chi connectivity index (χ4v) is 4.94. The molecule has 3 aromatic rings. The standard InChI is InChI=1S/C26H32ClNO2S/c1-16(2)17-8-13-21-20(14-17)23(31-25(3,4)5)22(15-26(6,7)24(29)30)28(21)19-11-9-18(27)10-12-19/h8-14,16H,15H2,1-7H3,(H,29,30). The van der Waals surface area contributed by atoms with Crippen LogP contribution in [-0.2, 0) is 11.2 Å². The summed E-state index contributed by atoms with van der Waals surface area (Å²) in [5, 5.41) is 11.7. The van der Waals surface area contributed by atoms with Crippen molar-refractivity contribution in [2.75, 3.05) is 0 Å². The Labute approximate surface area is 194 Å². The van der Waals surface area contributed by atoms with E-state index in [9.17, 15) is 9.90 Å². The Hall–Kier alpha value is -1.91. The lowest BCUT2D eigenvalue weighted by Crippen LogP contribution is -2.27. The van der Waals surface area contributed by atoms with E-state index in [-0.39, 0.29) is 4.75 Å².